The van der Waals surface area contributed by atoms with Gasteiger partial charge in [-0.25, -0.2) is 0 Å². The van der Waals surface area contributed by atoms with Gasteiger partial charge in [0.05, 0.1) is 14.1 Å². The first-order chi connectivity index (χ1) is 7.75. The maximum Gasteiger partial charge on any atom is 0.137 e. The Morgan fingerprint density at radius 3 is 2.50 bits per heavy atom. The second-order valence-corrected chi connectivity index (χ2v) is 4.31. The van der Waals surface area contributed by atoms with E-state index in [1.807, 2.05) is 6.07 Å². The number of hydrogen-bond donors (Lipinski definition) is 1. The van der Waals surface area contributed by atoms with Crippen molar-refractivity contribution in [3.8, 4) is 5.75 Å². The van der Waals surface area contributed by atoms with E-state index < -0.39 is 0 Å². The van der Waals surface area contributed by atoms with E-state index in [-0.39, 0.29) is 0 Å². The summed E-state index contributed by atoms with van der Waals surface area (Å²) >= 11 is 0. The second kappa shape index (κ2) is 4.99. The van der Waals surface area contributed by atoms with Gasteiger partial charge in [0, 0.05) is 0 Å². The lowest BCUT2D eigenvalue weighted by atomic mass is 10.1. The van der Waals surface area contributed by atoms with E-state index in [1.165, 1.54) is 15.7 Å². The molecular weight excluding hydrogens is 198 g/mol. The molecular formula is C14H18NO+. The average molecular weight is 216 g/mol. The average Bonchev–Trinajstić information content (AvgIpc) is 2.28. The fourth-order valence-electron chi connectivity index (χ4n) is 1.63. The number of fused-ring (bicyclic) bond motifs is 1. The van der Waals surface area contributed by atoms with Crippen molar-refractivity contribution in [1.82, 2.24) is 0 Å². The minimum atomic E-state index is 0.765. The fourth-order valence-corrected chi connectivity index (χ4v) is 1.63. The zero-order valence-corrected chi connectivity index (χ0v) is 9.86. The Morgan fingerprint density at radius 1 is 1.00 bits per heavy atom. The van der Waals surface area contributed by atoms with Gasteiger partial charge in [-0.15, -0.1) is 0 Å². The number of likely N-dealkylation sites (N-methyl/N-ethyl adjacent to an activating group) is 1. The summed E-state index contributed by atoms with van der Waals surface area (Å²) in [5.74, 6) is 0.958. The highest BCUT2D eigenvalue weighted by Gasteiger charge is 1.98. The Bertz CT molecular complexity index is 465. The third-order valence-electron chi connectivity index (χ3n) is 2.59. The fraction of sp³-hybridized carbons (Fsp3) is 0.286. The molecule has 0 aliphatic carbocycles. The van der Waals surface area contributed by atoms with Crippen LogP contribution in [-0.2, 0) is 0 Å². The van der Waals surface area contributed by atoms with Crippen LogP contribution < -0.4 is 9.64 Å². The molecule has 0 heterocycles. The van der Waals surface area contributed by atoms with Crippen LogP contribution in [-0.4, -0.2) is 27.2 Å². The summed E-state index contributed by atoms with van der Waals surface area (Å²) in [6.45, 7) is 1.79. The standard InChI is InChI=1S/C14H17NO/c1-15(2)9-10-16-14-8-7-12-5-3-4-6-13(12)11-14/h3-8,11H,9-10H2,1-2H3/p+1. The molecule has 16 heavy (non-hydrogen) atoms. The molecule has 2 nitrogen and oxygen atoms in total. The normalized spacial score (nSPS) is 10.9. The van der Waals surface area contributed by atoms with Crippen molar-refractivity contribution in [2.24, 2.45) is 0 Å². The van der Waals surface area contributed by atoms with Crippen molar-refractivity contribution < 1.29 is 9.64 Å². The van der Waals surface area contributed by atoms with Gasteiger partial charge in [0.15, 0.2) is 0 Å². The van der Waals surface area contributed by atoms with Gasteiger partial charge in [-0.05, 0) is 22.9 Å². The molecule has 0 atom stereocenters. The number of benzene rings is 2. The summed E-state index contributed by atoms with van der Waals surface area (Å²) in [7, 11) is 4.26. The number of hydrogen-bond acceptors (Lipinski definition) is 1. The Morgan fingerprint density at radius 2 is 1.75 bits per heavy atom. The third kappa shape index (κ3) is 2.74. The zero-order valence-electron chi connectivity index (χ0n) is 9.86. The van der Waals surface area contributed by atoms with Crippen molar-refractivity contribution in [2.75, 3.05) is 27.2 Å². The van der Waals surface area contributed by atoms with Gasteiger partial charge in [-0.3, -0.25) is 0 Å². The largest absolute Gasteiger partial charge is 0.488 e. The van der Waals surface area contributed by atoms with Gasteiger partial charge in [0.2, 0.25) is 0 Å². The van der Waals surface area contributed by atoms with Crippen LogP contribution in [0.25, 0.3) is 10.8 Å². The molecule has 0 aromatic heterocycles. The molecule has 0 fully saturated rings. The van der Waals surface area contributed by atoms with Crippen LogP contribution in [0.5, 0.6) is 5.75 Å². The maximum atomic E-state index is 5.70. The molecule has 0 unspecified atom stereocenters. The van der Waals surface area contributed by atoms with Gasteiger partial charge in [-0.2, -0.15) is 0 Å². The van der Waals surface area contributed by atoms with Gasteiger partial charge < -0.3 is 9.64 Å². The highest BCUT2D eigenvalue weighted by atomic mass is 16.5. The van der Waals surface area contributed by atoms with Crippen LogP contribution in [0.15, 0.2) is 42.5 Å². The van der Waals surface area contributed by atoms with Crippen molar-refractivity contribution >= 4 is 10.8 Å². The maximum absolute atomic E-state index is 5.70. The predicted octanol–water partition coefficient (Wildman–Crippen LogP) is 1.36. The van der Waals surface area contributed by atoms with Gasteiger partial charge >= 0.3 is 0 Å². The zero-order chi connectivity index (χ0) is 11.4. The molecule has 0 bridgehead atoms. The lowest BCUT2D eigenvalue weighted by Crippen LogP contribution is -3.06. The molecule has 0 radical (unpaired) electrons. The summed E-state index contributed by atoms with van der Waals surface area (Å²) in [4.78, 5) is 1.40. The van der Waals surface area contributed by atoms with Crippen LogP contribution >= 0.6 is 0 Å². The van der Waals surface area contributed by atoms with E-state index in [0.29, 0.717) is 0 Å². The van der Waals surface area contributed by atoms with E-state index in [4.69, 9.17) is 4.74 Å². The molecule has 2 aromatic rings. The molecule has 2 rings (SSSR count). The quantitative estimate of drug-likeness (QED) is 0.815. The van der Waals surface area contributed by atoms with E-state index in [9.17, 15) is 0 Å². The van der Waals surface area contributed by atoms with Gasteiger partial charge in [0.1, 0.15) is 18.9 Å². The monoisotopic (exact) mass is 216 g/mol. The van der Waals surface area contributed by atoms with E-state index in [2.05, 4.69) is 50.5 Å². The molecule has 0 saturated carbocycles. The molecule has 2 heteroatoms. The Balaban J connectivity index is 2.08. The number of rotatable bonds is 4. The summed E-state index contributed by atoms with van der Waals surface area (Å²) in [6, 6.07) is 14.6. The summed E-state index contributed by atoms with van der Waals surface area (Å²) in [5, 5.41) is 2.49. The van der Waals surface area contributed by atoms with Crippen molar-refractivity contribution in [2.45, 2.75) is 0 Å². The molecule has 0 aliphatic heterocycles. The molecule has 0 amide bonds. The van der Waals surface area contributed by atoms with E-state index in [1.54, 1.807) is 0 Å². The van der Waals surface area contributed by atoms with Gasteiger partial charge in [0.25, 0.3) is 0 Å². The predicted molar refractivity (Wildman–Crippen MR) is 67.1 cm³/mol. The molecule has 0 aliphatic rings. The van der Waals surface area contributed by atoms with Crippen LogP contribution in [0, 0.1) is 0 Å². The molecule has 0 spiro atoms. The van der Waals surface area contributed by atoms with Crippen LogP contribution in [0.3, 0.4) is 0 Å². The SMILES string of the molecule is C[NH+](C)CCOc1ccc2ccccc2c1. The smallest absolute Gasteiger partial charge is 0.137 e. The minimum Gasteiger partial charge on any atom is -0.488 e. The first-order valence-electron chi connectivity index (χ1n) is 5.66. The third-order valence-corrected chi connectivity index (χ3v) is 2.59. The van der Waals surface area contributed by atoms with Crippen LogP contribution in [0.1, 0.15) is 0 Å². The number of nitrogens with one attached hydrogen (secondary N) is 1. The first kappa shape index (κ1) is 11.0. The minimum absolute atomic E-state index is 0.765. The molecule has 0 saturated heterocycles. The second-order valence-electron chi connectivity index (χ2n) is 4.31. The summed E-state index contributed by atoms with van der Waals surface area (Å²) < 4.78 is 5.70. The Hall–Kier alpha value is -1.54. The van der Waals surface area contributed by atoms with E-state index >= 15 is 0 Å². The van der Waals surface area contributed by atoms with E-state index in [0.717, 1.165) is 18.9 Å². The Kier molecular flexibility index (Phi) is 3.42. The molecule has 84 valence electrons. The van der Waals surface area contributed by atoms with Crippen molar-refractivity contribution in [3.63, 3.8) is 0 Å². The van der Waals surface area contributed by atoms with Crippen LogP contribution in [0.2, 0.25) is 0 Å². The lowest BCUT2D eigenvalue weighted by Gasteiger charge is -2.09. The molecule has 1 N–H and O–H groups in total. The Labute approximate surface area is 96.4 Å². The van der Waals surface area contributed by atoms with Crippen molar-refractivity contribution in [3.05, 3.63) is 42.5 Å². The highest BCUT2D eigenvalue weighted by molar-refractivity contribution is 5.83. The summed E-state index contributed by atoms with van der Waals surface area (Å²) in [5.41, 5.74) is 0. The lowest BCUT2D eigenvalue weighted by molar-refractivity contribution is -0.858. The number of quaternary nitrogens is 1. The summed E-state index contributed by atoms with van der Waals surface area (Å²) in [6.07, 6.45) is 0. The number of ether oxygens (including phenoxy) is 1. The van der Waals surface area contributed by atoms with Gasteiger partial charge in [-0.1, -0.05) is 30.3 Å². The highest BCUT2D eigenvalue weighted by Crippen LogP contribution is 2.20. The first-order valence-corrected chi connectivity index (χ1v) is 5.66. The molecule has 2 aromatic carbocycles. The topological polar surface area (TPSA) is 13.7 Å². The van der Waals surface area contributed by atoms with Crippen molar-refractivity contribution in [1.29, 1.82) is 0 Å². The van der Waals surface area contributed by atoms with Crippen LogP contribution in [0.4, 0.5) is 0 Å².